The predicted molar refractivity (Wildman–Crippen MR) is 98.3 cm³/mol. The number of ether oxygens (including phenoxy) is 1. The molecule has 4 nitrogen and oxygen atoms in total. The Kier molecular flexibility index (Phi) is 8.09. The molecule has 1 aromatic carbocycles. The van der Waals surface area contributed by atoms with Gasteiger partial charge in [0, 0.05) is 25.2 Å². The van der Waals surface area contributed by atoms with Crippen LogP contribution in [0.4, 0.5) is 4.39 Å². The van der Waals surface area contributed by atoms with Crippen molar-refractivity contribution in [1.29, 1.82) is 0 Å². The van der Waals surface area contributed by atoms with Crippen LogP contribution in [0.3, 0.4) is 0 Å². The van der Waals surface area contributed by atoms with Crippen molar-refractivity contribution in [3.63, 3.8) is 0 Å². The highest BCUT2D eigenvalue weighted by Gasteiger charge is 2.44. The summed E-state index contributed by atoms with van der Waals surface area (Å²) in [6.07, 6.45) is 3.08. The number of hydrogen-bond acceptors (Lipinski definition) is 2. The summed E-state index contributed by atoms with van der Waals surface area (Å²) in [4.78, 5) is 4.42. The Balaban J connectivity index is 0.00000242. The first-order valence-electron chi connectivity index (χ1n) is 7.54. The maximum atomic E-state index is 13.0. The van der Waals surface area contributed by atoms with E-state index < -0.39 is 0 Å². The fraction of sp³-hybridized carbons (Fsp3) is 0.562. The molecule has 0 aliphatic heterocycles. The lowest BCUT2D eigenvalue weighted by Gasteiger charge is -2.14. The number of benzene rings is 1. The van der Waals surface area contributed by atoms with Crippen LogP contribution in [0.25, 0.3) is 0 Å². The molecule has 124 valence electrons. The normalized spacial score (nSPS) is 16.0. The van der Waals surface area contributed by atoms with Gasteiger partial charge in [0.1, 0.15) is 5.82 Å². The van der Waals surface area contributed by atoms with Gasteiger partial charge in [-0.05, 0) is 43.9 Å². The molecule has 0 aromatic heterocycles. The van der Waals surface area contributed by atoms with E-state index in [1.54, 1.807) is 0 Å². The summed E-state index contributed by atoms with van der Waals surface area (Å²) < 4.78 is 18.2. The molecule has 0 amide bonds. The molecular weight excluding hydrogens is 396 g/mol. The second-order valence-corrected chi connectivity index (χ2v) is 5.47. The van der Waals surface area contributed by atoms with Crippen LogP contribution in [0.2, 0.25) is 0 Å². The van der Waals surface area contributed by atoms with Crippen molar-refractivity contribution >= 4 is 29.9 Å². The van der Waals surface area contributed by atoms with E-state index in [2.05, 4.69) is 10.3 Å². The number of nitrogens with zero attached hydrogens (tertiary/aromatic N) is 1. The monoisotopic (exact) mass is 421 g/mol. The van der Waals surface area contributed by atoms with Gasteiger partial charge in [-0.2, -0.15) is 0 Å². The summed E-state index contributed by atoms with van der Waals surface area (Å²) in [6, 6.07) is 6.72. The van der Waals surface area contributed by atoms with E-state index in [0.717, 1.165) is 44.6 Å². The molecule has 2 rings (SSSR count). The minimum atomic E-state index is -0.200. The van der Waals surface area contributed by atoms with Gasteiger partial charge in [0.25, 0.3) is 0 Å². The van der Waals surface area contributed by atoms with Crippen molar-refractivity contribution in [2.75, 3.05) is 26.3 Å². The Labute approximate surface area is 148 Å². The number of rotatable bonds is 8. The van der Waals surface area contributed by atoms with Gasteiger partial charge in [-0.1, -0.05) is 12.1 Å². The van der Waals surface area contributed by atoms with Crippen LogP contribution in [0.5, 0.6) is 0 Å². The van der Waals surface area contributed by atoms with Crippen LogP contribution in [0, 0.1) is 5.82 Å². The van der Waals surface area contributed by atoms with Crippen LogP contribution in [-0.4, -0.2) is 32.3 Å². The zero-order valence-electron chi connectivity index (χ0n) is 13.0. The summed E-state index contributed by atoms with van der Waals surface area (Å²) >= 11 is 0. The number of nitrogens with two attached hydrogens (primary N) is 1. The average Bonchev–Trinajstić information content (AvgIpc) is 3.27. The van der Waals surface area contributed by atoms with E-state index in [-0.39, 0.29) is 35.2 Å². The molecule has 1 aliphatic rings. The topological polar surface area (TPSA) is 59.6 Å². The van der Waals surface area contributed by atoms with Gasteiger partial charge in [0.05, 0.1) is 6.54 Å². The van der Waals surface area contributed by atoms with Crippen molar-refractivity contribution in [3.8, 4) is 0 Å². The minimum absolute atomic E-state index is 0. The molecular formula is C16H25FIN3O. The number of hydrogen-bond donors (Lipinski definition) is 2. The molecule has 0 radical (unpaired) electrons. The lowest BCUT2D eigenvalue weighted by molar-refractivity contribution is 0.145. The van der Waals surface area contributed by atoms with E-state index in [0.29, 0.717) is 12.5 Å². The van der Waals surface area contributed by atoms with Gasteiger partial charge < -0.3 is 15.8 Å². The molecule has 22 heavy (non-hydrogen) atoms. The van der Waals surface area contributed by atoms with Gasteiger partial charge in [-0.3, -0.25) is 4.99 Å². The second-order valence-electron chi connectivity index (χ2n) is 5.47. The molecule has 0 unspecified atom stereocenters. The quantitative estimate of drug-likeness (QED) is 0.294. The summed E-state index contributed by atoms with van der Waals surface area (Å²) in [6.45, 7) is 4.87. The molecule has 0 bridgehead atoms. The molecule has 6 heteroatoms. The number of halogens is 2. The Hall–Kier alpha value is -0.890. The van der Waals surface area contributed by atoms with Crippen LogP contribution in [-0.2, 0) is 10.2 Å². The summed E-state index contributed by atoms with van der Waals surface area (Å²) in [5, 5.41) is 3.09. The van der Waals surface area contributed by atoms with E-state index in [4.69, 9.17) is 10.5 Å². The number of aliphatic imine (C=N–C) groups is 1. The average molecular weight is 421 g/mol. The van der Waals surface area contributed by atoms with Crippen LogP contribution in [0.1, 0.15) is 31.7 Å². The largest absolute Gasteiger partial charge is 0.382 e. The Morgan fingerprint density at radius 3 is 2.64 bits per heavy atom. The first kappa shape index (κ1) is 19.2. The third kappa shape index (κ3) is 5.72. The first-order chi connectivity index (χ1) is 10.2. The third-order valence-corrected chi connectivity index (χ3v) is 3.84. The van der Waals surface area contributed by atoms with Crippen molar-refractivity contribution < 1.29 is 9.13 Å². The first-order valence-corrected chi connectivity index (χ1v) is 7.54. The van der Waals surface area contributed by atoms with Crippen LogP contribution in [0.15, 0.2) is 29.3 Å². The molecule has 1 saturated carbocycles. The third-order valence-electron chi connectivity index (χ3n) is 3.84. The molecule has 0 heterocycles. The van der Waals surface area contributed by atoms with E-state index in [1.807, 2.05) is 19.1 Å². The van der Waals surface area contributed by atoms with Gasteiger partial charge in [0.15, 0.2) is 5.96 Å². The maximum absolute atomic E-state index is 13.0. The Bertz CT molecular complexity index is 475. The van der Waals surface area contributed by atoms with E-state index >= 15 is 0 Å². The van der Waals surface area contributed by atoms with Gasteiger partial charge in [-0.25, -0.2) is 4.39 Å². The van der Waals surface area contributed by atoms with Gasteiger partial charge >= 0.3 is 0 Å². The molecule has 0 saturated heterocycles. The zero-order valence-corrected chi connectivity index (χ0v) is 15.3. The lowest BCUT2D eigenvalue weighted by atomic mass is 9.96. The smallest absolute Gasteiger partial charge is 0.188 e. The molecule has 1 aromatic rings. The summed E-state index contributed by atoms with van der Waals surface area (Å²) in [5.41, 5.74) is 7.07. The van der Waals surface area contributed by atoms with Crippen molar-refractivity contribution in [2.45, 2.75) is 31.6 Å². The van der Waals surface area contributed by atoms with Crippen molar-refractivity contribution in [3.05, 3.63) is 35.6 Å². The van der Waals surface area contributed by atoms with Crippen LogP contribution < -0.4 is 11.1 Å². The molecule has 0 spiro atoms. The van der Waals surface area contributed by atoms with E-state index in [1.165, 1.54) is 12.1 Å². The SMILES string of the molecule is CCOCCCNC(N)=NCC1(c2ccc(F)cc2)CC1.I. The fourth-order valence-corrected chi connectivity index (χ4v) is 2.32. The number of nitrogens with one attached hydrogen (secondary N) is 1. The summed E-state index contributed by atoms with van der Waals surface area (Å²) in [7, 11) is 0. The molecule has 0 atom stereocenters. The van der Waals surface area contributed by atoms with Gasteiger partial charge in [0.2, 0.25) is 0 Å². The highest BCUT2D eigenvalue weighted by molar-refractivity contribution is 14.0. The highest BCUT2D eigenvalue weighted by atomic mass is 127. The van der Waals surface area contributed by atoms with E-state index in [9.17, 15) is 4.39 Å². The summed E-state index contributed by atoms with van der Waals surface area (Å²) in [5.74, 6) is 0.272. The molecule has 1 aliphatic carbocycles. The Morgan fingerprint density at radius 2 is 2.05 bits per heavy atom. The second kappa shape index (κ2) is 9.29. The minimum Gasteiger partial charge on any atom is -0.382 e. The predicted octanol–water partition coefficient (Wildman–Crippen LogP) is 2.81. The van der Waals surface area contributed by atoms with Crippen LogP contribution >= 0.6 is 24.0 Å². The van der Waals surface area contributed by atoms with Gasteiger partial charge in [-0.15, -0.1) is 24.0 Å². The lowest BCUT2D eigenvalue weighted by Crippen LogP contribution is -2.33. The standard InChI is InChI=1S/C16H24FN3O.HI/c1-2-21-11-3-10-19-15(18)20-12-16(8-9-16)13-4-6-14(17)7-5-13;/h4-7H,2-3,8-12H2,1H3,(H3,18,19,20);1H. The fourth-order valence-electron chi connectivity index (χ4n) is 2.32. The zero-order chi connectivity index (χ0) is 15.1. The van der Waals surface area contributed by atoms with Crippen molar-refractivity contribution in [2.24, 2.45) is 10.7 Å². The molecule has 3 N–H and O–H groups in total. The molecule has 1 fully saturated rings. The maximum Gasteiger partial charge on any atom is 0.188 e. The van der Waals surface area contributed by atoms with Crippen molar-refractivity contribution in [1.82, 2.24) is 5.32 Å². The highest BCUT2D eigenvalue weighted by Crippen LogP contribution is 2.48. The number of guanidine groups is 1. The Morgan fingerprint density at radius 1 is 1.36 bits per heavy atom.